The monoisotopic (exact) mass is 265 g/mol. The van der Waals surface area contributed by atoms with E-state index in [1.807, 2.05) is 32.0 Å². The molecule has 96 valence electrons. The molecule has 0 radical (unpaired) electrons. The summed E-state index contributed by atoms with van der Waals surface area (Å²) in [5, 5.41) is 9.21. The molecule has 2 aromatic rings. The van der Waals surface area contributed by atoms with Crippen LogP contribution >= 0.6 is 11.3 Å². The van der Waals surface area contributed by atoms with E-state index in [0.717, 1.165) is 10.6 Å². The summed E-state index contributed by atoms with van der Waals surface area (Å²) in [6.07, 6.45) is 0.0905. The summed E-state index contributed by atoms with van der Waals surface area (Å²) < 4.78 is 5.57. The van der Waals surface area contributed by atoms with Crippen LogP contribution in [0.15, 0.2) is 18.2 Å². The highest BCUT2D eigenvalue weighted by molar-refractivity contribution is 7.18. The Hall–Kier alpha value is -1.86. The molecule has 0 bridgehead atoms. The Morgan fingerprint density at radius 1 is 1.33 bits per heavy atom. The molecule has 0 saturated heterocycles. The zero-order valence-electron chi connectivity index (χ0n) is 10.2. The van der Waals surface area contributed by atoms with Crippen molar-refractivity contribution in [2.45, 2.75) is 20.0 Å². The molecule has 6 nitrogen and oxygen atoms in total. The second-order valence-corrected chi connectivity index (χ2v) is 4.95. The Morgan fingerprint density at radius 3 is 2.67 bits per heavy atom. The average molecular weight is 265 g/mol. The molecule has 0 amide bonds. The van der Waals surface area contributed by atoms with E-state index in [1.54, 1.807) is 0 Å². The second-order valence-electron chi connectivity index (χ2n) is 3.98. The standard InChI is InChI=1S/C11H15N5OS/c1-6(2)17-9-4-3-7(5-8(9)12)10-15-16-11(14-13)18-10/h3-6H,12-13H2,1-2H3,(H,14,16). The minimum absolute atomic E-state index is 0.0905. The van der Waals surface area contributed by atoms with Gasteiger partial charge in [0.1, 0.15) is 10.8 Å². The van der Waals surface area contributed by atoms with E-state index in [0.29, 0.717) is 16.6 Å². The van der Waals surface area contributed by atoms with Crippen molar-refractivity contribution in [2.24, 2.45) is 5.84 Å². The smallest absolute Gasteiger partial charge is 0.220 e. The number of hydrazine groups is 1. The first-order valence-corrected chi connectivity index (χ1v) is 6.28. The molecule has 5 N–H and O–H groups in total. The van der Waals surface area contributed by atoms with E-state index < -0.39 is 0 Å². The number of benzene rings is 1. The van der Waals surface area contributed by atoms with E-state index in [9.17, 15) is 0 Å². The first-order chi connectivity index (χ1) is 8.60. The third-order valence-electron chi connectivity index (χ3n) is 2.17. The number of nitrogens with two attached hydrogens (primary N) is 2. The number of nitrogen functional groups attached to an aromatic ring is 2. The number of aromatic nitrogens is 2. The Kier molecular flexibility index (Phi) is 3.63. The molecule has 0 fully saturated rings. The molecule has 18 heavy (non-hydrogen) atoms. The molecule has 7 heteroatoms. The molecule has 2 rings (SSSR count). The summed E-state index contributed by atoms with van der Waals surface area (Å²) in [6.45, 7) is 3.91. The fourth-order valence-corrected chi connectivity index (χ4v) is 2.09. The maximum atomic E-state index is 5.94. The highest BCUT2D eigenvalue weighted by Crippen LogP contribution is 2.31. The van der Waals surface area contributed by atoms with Crippen LogP contribution < -0.4 is 21.7 Å². The summed E-state index contributed by atoms with van der Waals surface area (Å²) in [6, 6.07) is 5.55. The molecule has 0 spiro atoms. The van der Waals surface area contributed by atoms with Gasteiger partial charge in [0.05, 0.1) is 11.8 Å². The van der Waals surface area contributed by atoms with Gasteiger partial charge in [-0.2, -0.15) is 0 Å². The number of ether oxygens (including phenoxy) is 1. The maximum absolute atomic E-state index is 5.94. The molecule has 0 aliphatic rings. The van der Waals surface area contributed by atoms with Crippen LogP contribution in [0, 0.1) is 0 Å². The van der Waals surface area contributed by atoms with Crippen molar-refractivity contribution in [1.29, 1.82) is 0 Å². The van der Waals surface area contributed by atoms with Crippen molar-refractivity contribution < 1.29 is 4.74 Å². The Balaban J connectivity index is 2.28. The summed E-state index contributed by atoms with van der Waals surface area (Å²) in [5.41, 5.74) is 9.87. The van der Waals surface area contributed by atoms with Crippen molar-refractivity contribution in [3.05, 3.63) is 18.2 Å². The van der Waals surface area contributed by atoms with Gasteiger partial charge in [0.15, 0.2) is 0 Å². The lowest BCUT2D eigenvalue weighted by Gasteiger charge is -2.12. The number of rotatable bonds is 4. The lowest BCUT2D eigenvalue weighted by molar-refractivity contribution is 0.244. The van der Waals surface area contributed by atoms with E-state index in [2.05, 4.69) is 15.6 Å². The van der Waals surface area contributed by atoms with Gasteiger partial charge in [-0.15, -0.1) is 10.2 Å². The number of hydrogen-bond acceptors (Lipinski definition) is 7. The fraction of sp³-hybridized carbons (Fsp3) is 0.273. The summed E-state index contributed by atoms with van der Waals surface area (Å²) in [7, 11) is 0. The van der Waals surface area contributed by atoms with E-state index in [1.165, 1.54) is 11.3 Å². The SMILES string of the molecule is CC(C)Oc1ccc(-c2nnc(NN)s2)cc1N. The molecular formula is C11H15N5OS. The average Bonchev–Trinajstić information content (AvgIpc) is 2.80. The van der Waals surface area contributed by atoms with Crippen molar-refractivity contribution in [3.63, 3.8) is 0 Å². The van der Waals surface area contributed by atoms with E-state index in [4.69, 9.17) is 16.3 Å². The predicted octanol–water partition coefficient (Wildman–Crippen LogP) is 1.86. The lowest BCUT2D eigenvalue weighted by Crippen LogP contribution is -2.07. The van der Waals surface area contributed by atoms with Crippen LogP contribution in [0.5, 0.6) is 5.75 Å². The molecule has 1 heterocycles. The number of nitrogens with zero attached hydrogens (tertiary/aromatic N) is 2. The highest BCUT2D eigenvalue weighted by atomic mass is 32.1. The highest BCUT2D eigenvalue weighted by Gasteiger charge is 2.09. The van der Waals surface area contributed by atoms with Gasteiger partial charge >= 0.3 is 0 Å². The van der Waals surface area contributed by atoms with Crippen LogP contribution in [0.2, 0.25) is 0 Å². The fourth-order valence-electron chi connectivity index (χ4n) is 1.44. The first-order valence-electron chi connectivity index (χ1n) is 5.47. The minimum atomic E-state index is 0.0905. The van der Waals surface area contributed by atoms with E-state index in [-0.39, 0.29) is 6.10 Å². The zero-order chi connectivity index (χ0) is 13.1. The van der Waals surface area contributed by atoms with Crippen molar-refractivity contribution in [1.82, 2.24) is 10.2 Å². The van der Waals surface area contributed by atoms with Gasteiger partial charge < -0.3 is 10.5 Å². The van der Waals surface area contributed by atoms with Crippen molar-refractivity contribution >= 4 is 22.2 Å². The molecule has 1 aromatic heterocycles. The molecule has 0 saturated carbocycles. The number of anilines is 2. The quantitative estimate of drug-likeness (QED) is 0.443. The summed E-state index contributed by atoms with van der Waals surface area (Å²) >= 11 is 1.36. The van der Waals surface area contributed by atoms with Crippen LogP contribution in [-0.2, 0) is 0 Å². The zero-order valence-corrected chi connectivity index (χ0v) is 11.0. The summed E-state index contributed by atoms with van der Waals surface area (Å²) in [5.74, 6) is 5.94. The molecule has 0 aliphatic carbocycles. The molecule has 0 aliphatic heterocycles. The maximum Gasteiger partial charge on any atom is 0.220 e. The Labute approximate surface area is 109 Å². The third kappa shape index (κ3) is 2.69. The van der Waals surface area contributed by atoms with Gasteiger partial charge in [-0.1, -0.05) is 11.3 Å². The normalized spacial score (nSPS) is 10.7. The molecule has 1 aromatic carbocycles. The van der Waals surface area contributed by atoms with Gasteiger partial charge in [-0.05, 0) is 32.0 Å². The largest absolute Gasteiger partial charge is 0.489 e. The topological polar surface area (TPSA) is 99.1 Å². The van der Waals surface area contributed by atoms with Gasteiger partial charge in [-0.25, -0.2) is 5.84 Å². The number of nitrogens with one attached hydrogen (secondary N) is 1. The summed E-state index contributed by atoms with van der Waals surface area (Å²) in [4.78, 5) is 0. The molecule has 0 unspecified atom stereocenters. The second kappa shape index (κ2) is 5.19. The van der Waals surface area contributed by atoms with Crippen molar-refractivity contribution in [3.8, 4) is 16.3 Å². The predicted molar refractivity (Wildman–Crippen MR) is 73.3 cm³/mol. The Bertz CT molecular complexity index is 540. The molecular weight excluding hydrogens is 250 g/mol. The third-order valence-corrected chi connectivity index (χ3v) is 3.07. The van der Waals surface area contributed by atoms with E-state index >= 15 is 0 Å². The van der Waals surface area contributed by atoms with Gasteiger partial charge in [-0.3, -0.25) is 5.43 Å². The minimum Gasteiger partial charge on any atom is -0.489 e. The number of hydrogen-bond donors (Lipinski definition) is 3. The van der Waals surface area contributed by atoms with Crippen LogP contribution in [0.4, 0.5) is 10.8 Å². The van der Waals surface area contributed by atoms with Gasteiger partial charge in [0, 0.05) is 5.56 Å². The van der Waals surface area contributed by atoms with Gasteiger partial charge in [0.25, 0.3) is 0 Å². The first kappa shape index (κ1) is 12.6. The van der Waals surface area contributed by atoms with Crippen molar-refractivity contribution in [2.75, 3.05) is 11.2 Å². The van der Waals surface area contributed by atoms with Crippen LogP contribution in [-0.4, -0.2) is 16.3 Å². The Morgan fingerprint density at radius 2 is 2.11 bits per heavy atom. The van der Waals surface area contributed by atoms with Crippen LogP contribution in [0.3, 0.4) is 0 Å². The van der Waals surface area contributed by atoms with Crippen LogP contribution in [0.25, 0.3) is 10.6 Å². The van der Waals surface area contributed by atoms with Crippen LogP contribution in [0.1, 0.15) is 13.8 Å². The molecule has 0 atom stereocenters. The lowest BCUT2D eigenvalue weighted by atomic mass is 10.2. The van der Waals surface area contributed by atoms with Gasteiger partial charge in [0.2, 0.25) is 5.13 Å².